The van der Waals surface area contributed by atoms with Crippen molar-refractivity contribution in [2.45, 2.75) is 4.90 Å². The molecule has 3 aromatic carbocycles. The Hall–Kier alpha value is -3.83. The first-order valence-corrected chi connectivity index (χ1v) is 10.3. The highest BCUT2D eigenvalue weighted by Crippen LogP contribution is 2.31. The lowest BCUT2D eigenvalue weighted by molar-refractivity contribution is 0.415. The molecule has 160 valence electrons. The molecule has 0 unspecified atom stereocenters. The molecule has 0 aliphatic carbocycles. The van der Waals surface area contributed by atoms with E-state index in [0.29, 0.717) is 28.6 Å². The monoisotopic (exact) mass is 441 g/mol. The molecule has 3 rings (SSSR count). The Morgan fingerprint density at radius 2 is 1.52 bits per heavy atom. The summed E-state index contributed by atoms with van der Waals surface area (Å²) >= 11 is 0. The third-order valence-corrected chi connectivity index (χ3v) is 4.84. The Morgan fingerprint density at radius 1 is 0.806 bits per heavy atom. The summed E-state index contributed by atoms with van der Waals surface area (Å²) in [5.41, 5.74) is 4.64. The van der Waals surface area contributed by atoms with E-state index >= 15 is 0 Å². The van der Waals surface area contributed by atoms with Crippen molar-refractivity contribution in [1.82, 2.24) is 0 Å². The summed E-state index contributed by atoms with van der Waals surface area (Å²) in [5.74, 6) is 1.04. The van der Waals surface area contributed by atoms with Crippen LogP contribution in [0.2, 0.25) is 0 Å². The zero-order valence-electron chi connectivity index (χ0n) is 16.6. The first-order valence-electron chi connectivity index (χ1n) is 8.88. The molecule has 0 amide bonds. The molecule has 0 saturated carbocycles. The average molecular weight is 441 g/mol. The van der Waals surface area contributed by atoms with Crippen molar-refractivity contribution in [1.29, 1.82) is 0 Å². The summed E-state index contributed by atoms with van der Waals surface area (Å²) in [6.07, 6.45) is 0. The minimum atomic E-state index is -4.32. The van der Waals surface area contributed by atoms with E-state index in [4.69, 9.17) is 14.0 Å². The first-order chi connectivity index (χ1) is 14.9. The highest BCUT2D eigenvalue weighted by atomic mass is 32.2. The van der Waals surface area contributed by atoms with Gasteiger partial charge in [-0.15, -0.1) is 5.11 Å². The molecule has 0 aliphatic heterocycles. The van der Waals surface area contributed by atoms with Gasteiger partial charge in [0.2, 0.25) is 0 Å². The van der Waals surface area contributed by atoms with E-state index in [-0.39, 0.29) is 10.6 Å². The fourth-order valence-electron chi connectivity index (χ4n) is 2.50. The summed E-state index contributed by atoms with van der Waals surface area (Å²) in [6, 6.07) is 17.7. The standard InChI is InChI=1S/C20H19N5O5S/c1-29-19-9-4-3-8-17(19)23-25-24-18-11-10-15(13-20(18)30-2)22-21-14-6-5-7-16(12-14)31(26,27)28/h3-13H,1-2H3,(H,23,24)(H,26,27,28)/b22-21+. The molecular formula is C20H19N5O5S. The van der Waals surface area contributed by atoms with Gasteiger partial charge >= 0.3 is 0 Å². The number of rotatable bonds is 8. The molecule has 2 N–H and O–H groups in total. The van der Waals surface area contributed by atoms with Crippen molar-refractivity contribution in [2.24, 2.45) is 20.6 Å². The smallest absolute Gasteiger partial charge is 0.294 e. The number of hydrogen-bond donors (Lipinski definition) is 2. The molecule has 0 aliphatic rings. The maximum absolute atomic E-state index is 11.2. The van der Waals surface area contributed by atoms with Gasteiger partial charge < -0.3 is 9.47 Å². The molecule has 3 aromatic rings. The number of nitrogens with zero attached hydrogens (tertiary/aromatic N) is 4. The van der Waals surface area contributed by atoms with Crippen LogP contribution in [0, 0.1) is 0 Å². The molecule has 10 nitrogen and oxygen atoms in total. The Kier molecular flexibility index (Phi) is 6.90. The summed E-state index contributed by atoms with van der Waals surface area (Å²) in [6.45, 7) is 0. The van der Waals surface area contributed by atoms with E-state index in [9.17, 15) is 8.42 Å². The fraction of sp³-hybridized carbons (Fsp3) is 0.100. The van der Waals surface area contributed by atoms with E-state index < -0.39 is 10.1 Å². The summed E-state index contributed by atoms with van der Waals surface area (Å²) in [5, 5.41) is 16.1. The van der Waals surface area contributed by atoms with Crippen LogP contribution in [0.1, 0.15) is 0 Å². The molecule has 0 atom stereocenters. The molecule has 0 fully saturated rings. The van der Waals surface area contributed by atoms with E-state index in [2.05, 4.69) is 26.0 Å². The normalized spacial score (nSPS) is 11.7. The molecule has 0 bridgehead atoms. The fourth-order valence-corrected chi connectivity index (χ4v) is 3.02. The summed E-state index contributed by atoms with van der Waals surface area (Å²) < 4.78 is 42.2. The lowest BCUT2D eigenvalue weighted by Gasteiger charge is -2.08. The van der Waals surface area contributed by atoms with Crippen molar-refractivity contribution < 1.29 is 22.4 Å². The predicted octanol–water partition coefficient (Wildman–Crippen LogP) is 5.48. The van der Waals surface area contributed by atoms with E-state index in [1.54, 1.807) is 43.5 Å². The van der Waals surface area contributed by atoms with Gasteiger partial charge in [0.15, 0.2) is 0 Å². The third kappa shape index (κ3) is 5.84. The number of anilines is 1. The summed E-state index contributed by atoms with van der Waals surface area (Å²) in [4.78, 5) is -0.263. The number of ether oxygens (including phenoxy) is 2. The second-order valence-electron chi connectivity index (χ2n) is 6.04. The molecule has 0 saturated heterocycles. The van der Waals surface area contributed by atoms with Crippen LogP contribution in [0.3, 0.4) is 0 Å². The molecule has 0 spiro atoms. The molecule has 0 heterocycles. The second-order valence-corrected chi connectivity index (χ2v) is 7.46. The van der Waals surface area contributed by atoms with Gasteiger partial charge in [0.1, 0.15) is 17.2 Å². The second kappa shape index (κ2) is 9.78. The maximum Gasteiger partial charge on any atom is 0.294 e. The first kappa shape index (κ1) is 21.9. The molecule has 0 radical (unpaired) electrons. The third-order valence-electron chi connectivity index (χ3n) is 3.99. The largest absolute Gasteiger partial charge is 0.494 e. The molecule has 31 heavy (non-hydrogen) atoms. The van der Waals surface area contributed by atoms with Crippen molar-refractivity contribution in [3.05, 3.63) is 66.7 Å². The van der Waals surface area contributed by atoms with Crippen molar-refractivity contribution in [2.75, 3.05) is 19.6 Å². The van der Waals surface area contributed by atoms with Gasteiger partial charge in [0.05, 0.1) is 36.2 Å². The number of azo groups is 1. The zero-order valence-corrected chi connectivity index (χ0v) is 17.4. The Bertz CT molecular complexity index is 1230. The highest BCUT2D eigenvalue weighted by molar-refractivity contribution is 7.85. The predicted molar refractivity (Wildman–Crippen MR) is 115 cm³/mol. The van der Waals surface area contributed by atoms with E-state index in [0.717, 1.165) is 0 Å². The van der Waals surface area contributed by atoms with Gasteiger partial charge in [-0.2, -0.15) is 18.6 Å². The SMILES string of the molecule is COc1ccccc1/N=N/Nc1ccc(/N=N/c2cccc(S(=O)(=O)O)c2)cc1OC. The molecular weight excluding hydrogens is 422 g/mol. The lowest BCUT2D eigenvalue weighted by Crippen LogP contribution is -1.96. The zero-order chi connectivity index (χ0) is 22.3. The van der Waals surface area contributed by atoms with Crippen molar-refractivity contribution in [3.8, 4) is 11.5 Å². The van der Waals surface area contributed by atoms with Gasteiger partial charge in [-0.3, -0.25) is 9.98 Å². The van der Waals surface area contributed by atoms with E-state index in [1.807, 2.05) is 12.1 Å². The van der Waals surface area contributed by atoms with Crippen molar-refractivity contribution >= 4 is 32.9 Å². The number of para-hydroxylation sites is 1. The van der Waals surface area contributed by atoms with Crippen molar-refractivity contribution in [3.63, 3.8) is 0 Å². The Morgan fingerprint density at radius 3 is 2.23 bits per heavy atom. The maximum atomic E-state index is 11.2. The van der Waals surface area contributed by atoms with Crippen LogP contribution >= 0.6 is 0 Å². The number of methoxy groups -OCH3 is 2. The average Bonchev–Trinajstić information content (AvgIpc) is 2.78. The number of hydrogen-bond acceptors (Lipinski definition) is 8. The van der Waals surface area contributed by atoms with Crippen LogP contribution in [0.4, 0.5) is 22.7 Å². The van der Waals surface area contributed by atoms with Gasteiger partial charge in [-0.1, -0.05) is 23.4 Å². The van der Waals surface area contributed by atoms with Crippen LogP contribution in [-0.4, -0.2) is 27.2 Å². The van der Waals surface area contributed by atoms with Crippen LogP contribution in [0.15, 0.2) is 92.2 Å². The minimum Gasteiger partial charge on any atom is -0.494 e. The Balaban J connectivity index is 1.76. The molecule has 11 heteroatoms. The summed E-state index contributed by atoms with van der Waals surface area (Å²) in [7, 11) is -1.27. The van der Waals surface area contributed by atoms with Gasteiger partial charge in [-0.05, 0) is 42.5 Å². The van der Waals surface area contributed by atoms with Gasteiger partial charge in [-0.25, -0.2) is 0 Å². The van der Waals surface area contributed by atoms with Crippen LogP contribution in [0.5, 0.6) is 11.5 Å². The van der Waals surface area contributed by atoms with Gasteiger partial charge in [0.25, 0.3) is 10.1 Å². The number of nitrogens with one attached hydrogen (secondary N) is 1. The van der Waals surface area contributed by atoms with Crippen LogP contribution in [-0.2, 0) is 10.1 Å². The van der Waals surface area contributed by atoms with Crippen LogP contribution in [0.25, 0.3) is 0 Å². The molecule has 0 aromatic heterocycles. The quantitative estimate of drug-likeness (QED) is 0.270. The minimum absolute atomic E-state index is 0.263. The highest BCUT2D eigenvalue weighted by Gasteiger charge is 2.09. The topological polar surface area (TPSA) is 134 Å². The Labute approximate surface area is 179 Å². The lowest BCUT2D eigenvalue weighted by atomic mass is 10.2. The van der Waals surface area contributed by atoms with Crippen LogP contribution < -0.4 is 14.9 Å². The van der Waals surface area contributed by atoms with E-state index in [1.165, 1.54) is 25.3 Å². The number of benzene rings is 3. The van der Waals surface area contributed by atoms with Gasteiger partial charge in [0, 0.05) is 6.07 Å².